The summed E-state index contributed by atoms with van der Waals surface area (Å²) in [6, 6.07) is 9.76. The van der Waals surface area contributed by atoms with Crippen molar-refractivity contribution < 1.29 is 9.90 Å². The van der Waals surface area contributed by atoms with Gasteiger partial charge in [0, 0.05) is 5.02 Å². The SMILES string of the molecule is Cc1cccc(C(=O)Nc2ccc(Cl)cc2N)c1O. The lowest BCUT2D eigenvalue weighted by Gasteiger charge is -2.10. The Morgan fingerprint density at radius 3 is 2.74 bits per heavy atom. The zero-order chi connectivity index (χ0) is 14.0. The van der Waals surface area contributed by atoms with Crippen LogP contribution < -0.4 is 11.1 Å². The highest BCUT2D eigenvalue weighted by atomic mass is 35.5. The van der Waals surface area contributed by atoms with Crippen LogP contribution in [-0.4, -0.2) is 11.0 Å². The Morgan fingerprint density at radius 1 is 1.32 bits per heavy atom. The van der Waals surface area contributed by atoms with Gasteiger partial charge in [0.25, 0.3) is 5.91 Å². The lowest BCUT2D eigenvalue weighted by molar-refractivity contribution is 0.102. The smallest absolute Gasteiger partial charge is 0.259 e. The lowest BCUT2D eigenvalue weighted by atomic mass is 10.1. The molecule has 2 aromatic carbocycles. The summed E-state index contributed by atoms with van der Waals surface area (Å²) in [5, 5.41) is 13.0. The molecule has 0 aliphatic heterocycles. The van der Waals surface area contributed by atoms with Crippen molar-refractivity contribution >= 4 is 28.9 Å². The van der Waals surface area contributed by atoms with Crippen LogP contribution in [-0.2, 0) is 0 Å². The topological polar surface area (TPSA) is 75.4 Å². The number of phenolic OH excluding ortho intramolecular Hbond substituents is 1. The minimum atomic E-state index is -0.421. The van der Waals surface area contributed by atoms with Crippen LogP contribution in [0.15, 0.2) is 36.4 Å². The highest BCUT2D eigenvalue weighted by molar-refractivity contribution is 6.31. The van der Waals surface area contributed by atoms with Crippen LogP contribution in [0.1, 0.15) is 15.9 Å². The Hall–Kier alpha value is -2.20. The second-order valence-electron chi connectivity index (χ2n) is 4.16. The summed E-state index contributed by atoms with van der Waals surface area (Å²) in [6.07, 6.45) is 0. The van der Waals surface area contributed by atoms with Crippen molar-refractivity contribution in [3.05, 3.63) is 52.5 Å². The average Bonchev–Trinajstić information content (AvgIpc) is 2.36. The van der Waals surface area contributed by atoms with Gasteiger partial charge in [-0.2, -0.15) is 0 Å². The maximum atomic E-state index is 12.1. The molecule has 98 valence electrons. The van der Waals surface area contributed by atoms with Crippen LogP contribution >= 0.6 is 11.6 Å². The number of para-hydroxylation sites is 1. The van der Waals surface area contributed by atoms with E-state index in [2.05, 4.69) is 5.32 Å². The molecule has 4 N–H and O–H groups in total. The Balaban J connectivity index is 2.28. The molecule has 0 radical (unpaired) electrons. The number of rotatable bonds is 2. The summed E-state index contributed by atoms with van der Waals surface area (Å²) in [5.74, 6) is -0.456. The number of aromatic hydroxyl groups is 1. The summed E-state index contributed by atoms with van der Waals surface area (Å²) in [4.78, 5) is 12.1. The quantitative estimate of drug-likeness (QED) is 0.737. The largest absolute Gasteiger partial charge is 0.507 e. The molecule has 0 spiro atoms. The van der Waals surface area contributed by atoms with Gasteiger partial charge >= 0.3 is 0 Å². The molecule has 0 heterocycles. The second kappa shape index (κ2) is 5.20. The molecule has 0 aliphatic rings. The van der Waals surface area contributed by atoms with E-state index in [1.54, 1.807) is 43.3 Å². The summed E-state index contributed by atoms with van der Waals surface area (Å²) < 4.78 is 0. The highest BCUT2D eigenvalue weighted by Gasteiger charge is 2.13. The predicted molar refractivity (Wildman–Crippen MR) is 76.7 cm³/mol. The standard InChI is InChI=1S/C14H13ClN2O2/c1-8-3-2-4-10(13(8)18)14(19)17-12-6-5-9(15)7-11(12)16/h2-7,18H,16H2,1H3,(H,17,19). The molecule has 0 bridgehead atoms. The van der Waals surface area contributed by atoms with Crippen molar-refractivity contribution in [3.63, 3.8) is 0 Å². The van der Waals surface area contributed by atoms with Gasteiger partial charge in [-0.05, 0) is 36.8 Å². The number of nitrogen functional groups attached to an aromatic ring is 1. The number of hydrogen-bond donors (Lipinski definition) is 3. The molecule has 0 aromatic heterocycles. The number of hydrogen-bond acceptors (Lipinski definition) is 3. The van der Waals surface area contributed by atoms with E-state index in [0.717, 1.165) is 0 Å². The zero-order valence-corrected chi connectivity index (χ0v) is 11.0. The number of aryl methyl sites for hydroxylation is 1. The number of anilines is 2. The van der Waals surface area contributed by atoms with Crippen molar-refractivity contribution in [2.75, 3.05) is 11.1 Å². The van der Waals surface area contributed by atoms with Crippen LogP contribution in [0.4, 0.5) is 11.4 Å². The first-order valence-electron chi connectivity index (χ1n) is 5.64. The molecule has 0 saturated heterocycles. The number of phenols is 1. The van der Waals surface area contributed by atoms with Gasteiger partial charge in [0.2, 0.25) is 0 Å². The summed E-state index contributed by atoms with van der Waals surface area (Å²) in [5.41, 5.74) is 7.42. The molecular weight excluding hydrogens is 264 g/mol. The fraction of sp³-hybridized carbons (Fsp3) is 0.0714. The lowest BCUT2D eigenvalue weighted by Crippen LogP contribution is -2.13. The van der Waals surface area contributed by atoms with Gasteiger partial charge in [0.15, 0.2) is 0 Å². The van der Waals surface area contributed by atoms with Gasteiger partial charge in [-0.15, -0.1) is 0 Å². The van der Waals surface area contributed by atoms with E-state index in [1.165, 1.54) is 0 Å². The van der Waals surface area contributed by atoms with Crippen LogP contribution in [0, 0.1) is 6.92 Å². The van der Waals surface area contributed by atoms with Gasteiger partial charge in [-0.1, -0.05) is 23.7 Å². The minimum Gasteiger partial charge on any atom is -0.507 e. The third-order valence-corrected chi connectivity index (χ3v) is 2.98. The van der Waals surface area contributed by atoms with Crippen molar-refractivity contribution in [2.45, 2.75) is 6.92 Å². The fourth-order valence-electron chi connectivity index (χ4n) is 1.68. The van der Waals surface area contributed by atoms with Gasteiger partial charge < -0.3 is 16.2 Å². The van der Waals surface area contributed by atoms with Gasteiger partial charge in [-0.3, -0.25) is 4.79 Å². The maximum Gasteiger partial charge on any atom is 0.259 e. The van der Waals surface area contributed by atoms with Crippen molar-refractivity contribution in [2.24, 2.45) is 0 Å². The number of nitrogens with one attached hydrogen (secondary N) is 1. The molecule has 0 saturated carbocycles. The van der Waals surface area contributed by atoms with Crippen LogP contribution in [0.2, 0.25) is 5.02 Å². The summed E-state index contributed by atoms with van der Waals surface area (Å²) in [6.45, 7) is 1.72. The third-order valence-electron chi connectivity index (χ3n) is 2.74. The molecule has 2 rings (SSSR count). The molecule has 0 fully saturated rings. The number of carbonyl (C=O) groups excluding carboxylic acids is 1. The Kier molecular flexibility index (Phi) is 3.62. The third kappa shape index (κ3) is 2.80. The number of carbonyl (C=O) groups is 1. The minimum absolute atomic E-state index is 0.0347. The molecule has 0 aliphatic carbocycles. The fourth-order valence-corrected chi connectivity index (χ4v) is 1.86. The van der Waals surface area contributed by atoms with Crippen molar-refractivity contribution in [1.29, 1.82) is 0 Å². The highest BCUT2D eigenvalue weighted by Crippen LogP contribution is 2.26. The van der Waals surface area contributed by atoms with E-state index in [-0.39, 0.29) is 11.3 Å². The molecule has 0 atom stereocenters. The summed E-state index contributed by atoms with van der Waals surface area (Å²) in [7, 11) is 0. The van der Waals surface area contributed by atoms with Crippen molar-refractivity contribution in [1.82, 2.24) is 0 Å². The zero-order valence-electron chi connectivity index (χ0n) is 10.3. The van der Waals surface area contributed by atoms with Crippen LogP contribution in [0.5, 0.6) is 5.75 Å². The molecule has 4 nitrogen and oxygen atoms in total. The summed E-state index contributed by atoms with van der Waals surface area (Å²) >= 11 is 5.78. The first kappa shape index (κ1) is 13.2. The number of halogens is 1. The molecule has 1 amide bonds. The number of benzene rings is 2. The predicted octanol–water partition coefficient (Wildman–Crippen LogP) is 3.19. The van der Waals surface area contributed by atoms with Gasteiger partial charge in [-0.25, -0.2) is 0 Å². The Morgan fingerprint density at radius 2 is 2.05 bits per heavy atom. The Bertz CT molecular complexity index is 641. The Labute approximate surface area is 115 Å². The van der Waals surface area contributed by atoms with Gasteiger partial charge in [0.05, 0.1) is 16.9 Å². The monoisotopic (exact) mass is 276 g/mol. The normalized spacial score (nSPS) is 10.2. The first-order valence-corrected chi connectivity index (χ1v) is 6.02. The average molecular weight is 277 g/mol. The molecular formula is C14H13ClN2O2. The van der Waals surface area contributed by atoms with E-state index in [0.29, 0.717) is 22.0 Å². The molecule has 19 heavy (non-hydrogen) atoms. The van der Waals surface area contributed by atoms with E-state index >= 15 is 0 Å². The molecule has 5 heteroatoms. The van der Waals surface area contributed by atoms with E-state index < -0.39 is 5.91 Å². The van der Waals surface area contributed by atoms with Gasteiger partial charge in [0.1, 0.15) is 5.75 Å². The van der Waals surface area contributed by atoms with Crippen LogP contribution in [0.25, 0.3) is 0 Å². The molecule has 0 unspecified atom stereocenters. The maximum absolute atomic E-state index is 12.1. The van der Waals surface area contributed by atoms with E-state index in [9.17, 15) is 9.90 Å². The second-order valence-corrected chi connectivity index (χ2v) is 4.59. The van der Waals surface area contributed by atoms with Crippen LogP contribution in [0.3, 0.4) is 0 Å². The molecule has 2 aromatic rings. The van der Waals surface area contributed by atoms with E-state index in [1.807, 2.05) is 0 Å². The number of nitrogens with two attached hydrogens (primary N) is 1. The first-order chi connectivity index (χ1) is 8.99. The van der Waals surface area contributed by atoms with Crippen molar-refractivity contribution in [3.8, 4) is 5.75 Å². The number of amides is 1. The van der Waals surface area contributed by atoms with E-state index in [4.69, 9.17) is 17.3 Å².